The molecule has 0 aromatic heterocycles. The number of aliphatic hydroxyl groups is 1. The van der Waals surface area contributed by atoms with Crippen molar-refractivity contribution in [3.63, 3.8) is 0 Å². The van der Waals surface area contributed by atoms with E-state index in [0.717, 1.165) is 0 Å². The number of rotatable bonds is 3. The summed E-state index contributed by atoms with van der Waals surface area (Å²) in [6.07, 6.45) is -2.06. The first kappa shape index (κ1) is 18.1. The maximum atomic E-state index is 10.00. The second kappa shape index (κ2) is 9.28. The molecular formula is C4H7AuNaO4S. The first-order chi connectivity index (χ1) is 4.04. The standard InChI is InChI=1S/C4H6O4S.Au.Na.H/c5-2(4(7)8)1-3(6)9;;;/h2,5H,1H2,(H,6,9)(H,7,8);;;/q;;+1;-1. The van der Waals surface area contributed by atoms with E-state index >= 15 is 0 Å². The second-order valence-electron chi connectivity index (χ2n) is 1.45. The van der Waals surface area contributed by atoms with Gasteiger partial charge in [0.1, 0.15) is 0 Å². The van der Waals surface area contributed by atoms with Crippen LogP contribution in [0.4, 0.5) is 0 Å². The Balaban J connectivity index is -0.000000107. The van der Waals surface area contributed by atoms with Gasteiger partial charge >= 0.3 is 35.5 Å². The third kappa shape index (κ3) is 11.2. The van der Waals surface area contributed by atoms with Crippen molar-refractivity contribution in [2.75, 3.05) is 0 Å². The number of carboxylic acids is 1. The number of aliphatic carboxylic acids is 1. The zero-order valence-corrected chi connectivity index (χ0v) is 10.8. The summed E-state index contributed by atoms with van der Waals surface area (Å²) in [7, 11) is 0. The van der Waals surface area contributed by atoms with Gasteiger partial charge in [0.05, 0.1) is 6.42 Å². The van der Waals surface area contributed by atoms with Crippen molar-refractivity contribution in [1.82, 2.24) is 0 Å². The van der Waals surface area contributed by atoms with Crippen LogP contribution in [0.2, 0.25) is 0 Å². The van der Waals surface area contributed by atoms with Gasteiger partial charge in [-0.1, -0.05) is 0 Å². The molecule has 0 aliphatic carbocycles. The Bertz CT molecular complexity index is 147. The molecule has 0 aliphatic heterocycles. The molecular weight excluding hydrogens is 364 g/mol. The predicted octanol–water partition coefficient (Wildman–Crippen LogP) is -3.61. The maximum absolute atomic E-state index is 10.00. The van der Waals surface area contributed by atoms with Crippen molar-refractivity contribution in [2.24, 2.45) is 0 Å². The van der Waals surface area contributed by atoms with Crippen LogP contribution in [-0.2, 0) is 32.0 Å². The molecule has 1 radical (unpaired) electrons. The van der Waals surface area contributed by atoms with E-state index in [2.05, 4.69) is 12.6 Å². The monoisotopic (exact) mass is 371 g/mol. The van der Waals surface area contributed by atoms with Gasteiger partial charge in [-0.15, -0.1) is 12.6 Å². The molecule has 1 atom stereocenters. The van der Waals surface area contributed by atoms with Gasteiger partial charge in [0.2, 0.25) is 0 Å². The minimum atomic E-state index is -1.62. The molecule has 0 aliphatic rings. The average Bonchev–Trinajstić information content (AvgIpc) is 1.63. The Kier molecular flexibility index (Phi) is 15.2. The summed E-state index contributed by atoms with van der Waals surface area (Å²) in [5.74, 6) is -1.41. The molecule has 0 fully saturated rings. The SMILES string of the molecule is O=C(S)CC(O)C(=O)O.[Au].[H-].[Na+]. The number of thiol groups is 1. The van der Waals surface area contributed by atoms with Gasteiger partial charge in [-0.25, -0.2) is 4.79 Å². The molecule has 0 aromatic rings. The first-order valence-corrected chi connectivity index (χ1v) is 2.61. The number of carboxylic acid groups (broad SMARTS) is 1. The number of carbonyl (C=O) groups excluding carboxylic acids is 1. The molecule has 7 heteroatoms. The fraction of sp³-hybridized carbons (Fsp3) is 0.500. The van der Waals surface area contributed by atoms with Crippen molar-refractivity contribution in [1.29, 1.82) is 0 Å². The molecule has 0 aromatic carbocycles. The van der Waals surface area contributed by atoms with Gasteiger partial charge in [-0.2, -0.15) is 0 Å². The molecule has 1 unspecified atom stereocenters. The van der Waals surface area contributed by atoms with Crippen LogP contribution in [0.3, 0.4) is 0 Å². The molecule has 11 heavy (non-hydrogen) atoms. The van der Waals surface area contributed by atoms with E-state index < -0.39 is 23.6 Å². The van der Waals surface area contributed by atoms with E-state index in [0.29, 0.717) is 0 Å². The predicted molar refractivity (Wildman–Crippen MR) is 33.4 cm³/mol. The molecule has 0 rings (SSSR count). The largest absolute Gasteiger partial charge is 1.00 e. The third-order valence-electron chi connectivity index (χ3n) is 0.653. The summed E-state index contributed by atoms with van der Waals surface area (Å²) in [6.45, 7) is 0. The van der Waals surface area contributed by atoms with E-state index in [1.807, 2.05) is 0 Å². The van der Waals surface area contributed by atoms with Crippen LogP contribution in [0.1, 0.15) is 7.85 Å². The Morgan fingerprint density at radius 2 is 1.91 bits per heavy atom. The summed E-state index contributed by atoms with van der Waals surface area (Å²) < 4.78 is 0. The average molecular weight is 371 g/mol. The molecule has 0 heterocycles. The smallest absolute Gasteiger partial charge is 1.00 e. The Morgan fingerprint density at radius 3 is 2.00 bits per heavy atom. The van der Waals surface area contributed by atoms with Crippen molar-refractivity contribution < 1.29 is 73.2 Å². The molecule has 0 spiro atoms. The van der Waals surface area contributed by atoms with Crippen LogP contribution in [0.5, 0.6) is 0 Å². The summed E-state index contributed by atoms with van der Waals surface area (Å²) in [4.78, 5) is 19.8. The molecule has 0 saturated carbocycles. The zero-order chi connectivity index (χ0) is 7.44. The van der Waals surface area contributed by atoms with Gasteiger partial charge in [0.25, 0.3) is 0 Å². The summed E-state index contributed by atoms with van der Waals surface area (Å²) >= 11 is 3.27. The van der Waals surface area contributed by atoms with Crippen LogP contribution >= 0.6 is 12.6 Å². The Morgan fingerprint density at radius 1 is 1.55 bits per heavy atom. The number of hydrogen-bond donors (Lipinski definition) is 3. The molecule has 0 amide bonds. The molecule has 4 nitrogen and oxygen atoms in total. The first-order valence-electron chi connectivity index (χ1n) is 2.16. The quantitative estimate of drug-likeness (QED) is 0.354. The molecule has 0 bridgehead atoms. The van der Waals surface area contributed by atoms with E-state index in [1.54, 1.807) is 0 Å². The normalized spacial score (nSPS) is 10.4. The molecule has 0 saturated heterocycles. The van der Waals surface area contributed by atoms with Crippen molar-refractivity contribution in [2.45, 2.75) is 12.5 Å². The van der Waals surface area contributed by atoms with Crippen LogP contribution < -0.4 is 29.6 Å². The van der Waals surface area contributed by atoms with Crippen LogP contribution in [0.25, 0.3) is 0 Å². The van der Waals surface area contributed by atoms with Gasteiger partial charge < -0.3 is 11.6 Å². The second-order valence-corrected chi connectivity index (χ2v) is 1.95. The van der Waals surface area contributed by atoms with Gasteiger partial charge in [-0.3, -0.25) is 4.79 Å². The zero-order valence-electron chi connectivity index (χ0n) is 6.74. The van der Waals surface area contributed by atoms with E-state index in [1.165, 1.54) is 0 Å². The van der Waals surface area contributed by atoms with Crippen LogP contribution in [-0.4, -0.2) is 27.4 Å². The van der Waals surface area contributed by atoms with Gasteiger partial charge in [-0.05, 0) is 0 Å². The van der Waals surface area contributed by atoms with Crippen molar-refractivity contribution in [3.8, 4) is 0 Å². The third-order valence-corrected chi connectivity index (χ3v) is 0.836. The summed E-state index contributed by atoms with van der Waals surface area (Å²) in [6, 6.07) is 0. The Hall–Kier alpha value is 1.19. The minimum absolute atomic E-state index is 0. The van der Waals surface area contributed by atoms with E-state index in [-0.39, 0.29) is 53.4 Å². The molecule has 65 valence electrons. The van der Waals surface area contributed by atoms with Crippen molar-refractivity contribution in [3.05, 3.63) is 0 Å². The topological polar surface area (TPSA) is 74.6 Å². The van der Waals surface area contributed by atoms with Gasteiger partial charge in [0, 0.05) is 22.4 Å². The summed E-state index contributed by atoms with van der Waals surface area (Å²) in [5.41, 5.74) is 0. The molecule has 2 N–H and O–H groups in total. The van der Waals surface area contributed by atoms with Crippen LogP contribution in [0, 0.1) is 0 Å². The maximum Gasteiger partial charge on any atom is 1.00 e. The number of aliphatic hydroxyl groups excluding tert-OH is 1. The van der Waals surface area contributed by atoms with Gasteiger partial charge in [0.15, 0.2) is 11.2 Å². The van der Waals surface area contributed by atoms with Crippen molar-refractivity contribution >= 4 is 23.7 Å². The number of carbonyl (C=O) groups is 2. The number of hydrogen-bond acceptors (Lipinski definition) is 3. The Labute approximate surface area is 108 Å². The van der Waals surface area contributed by atoms with Crippen LogP contribution in [0.15, 0.2) is 0 Å². The summed E-state index contributed by atoms with van der Waals surface area (Å²) in [5, 5.41) is 15.8. The minimum Gasteiger partial charge on any atom is -1.00 e. The fourth-order valence-electron chi connectivity index (χ4n) is 0.253. The van der Waals surface area contributed by atoms with E-state index in [4.69, 9.17) is 10.2 Å². The fourth-order valence-corrected chi connectivity index (χ4v) is 0.426. The van der Waals surface area contributed by atoms with E-state index in [9.17, 15) is 9.59 Å².